The van der Waals surface area contributed by atoms with Gasteiger partial charge in [-0.2, -0.15) is 4.31 Å². The number of fused-ring (bicyclic) bond motifs is 1. The summed E-state index contributed by atoms with van der Waals surface area (Å²) >= 11 is 0. The first kappa shape index (κ1) is 21.7. The van der Waals surface area contributed by atoms with Crippen LogP contribution in [0.5, 0.6) is 11.5 Å². The normalized spacial score (nSPS) is 20.3. The summed E-state index contributed by atoms with van der Waals surface area (Å²) in [6.45, 7) is 1.01. The highest BCUT2D eigenvalue weighted by atomic mass is 32.2. The maximum atomic E-state index is 13.3. The lowest BCUT2D eigenvalue weighted by molar-refractivity contribution is -0.119. The van der Waals surface area contributed by atoms with Crippen LogP contribution in [0.15, 0.2) is 47.4 Å². The molecular weight excluding hydrogens is 446 g/mol. The molecule has 9 nitrogen and oxygen atoms in total. The van der Waals surface area contributed by atoms with Crippen LogP contribution in [0, 0.1) is 0 Å². The first-order valence-corrected chi connectivity index (χ1v) is 12.5. The number of nitrogens with one attached hydrogen (secondary N) is 2. The van der Waals surface area contributed by atoms with Crippen molar-refractivity contribution >= 4 is 27.5 Å². The predicted molar refractivity (Wildman–Crippen MR) is 120 cm³/mol. The molecule has 2 N–H and O–H groups in total. The van der Waals surface area contributed by atoms with E-state index < -0.39 is 22.0 Å². The van der Waals surface area contributed by atoms with Gasteiger partial charge in [-0.1, -0.05) is 6.07 Å². The van der Waals surface area contributed by atoms with Gasteiger partial charge in [0.1, 0.15) is 19.3 Å². The fourth-order valence-corrected chi connectivity index (χ4v) is 5.74. The largest absolute Gasteiger partial charge is 0.486 e. The number of anilines is 1. The minimum absolute atomic E-state index is 0.0604. The number of ether oxygens (including phenoxy) is 2. The molecule has 2 aromatic rings. The van der Waals surface area contributed by atoms with E-state index in [0.717, 1.165) is 12.8 Å². The third-order valence-corrected chi connectivity index (χ3v) is 7.84. The summed E-state index contributed by atoms with van der Waals surface area (Å²) < 4.78 is 38.9. The van der Waals surface area contributed by atoms with Crippen molar-refractivity contribution in [3.63, 3.8) is 0 Å². The molecule has 0 radical (unpaired) electrons. The van der Waals surface area contributed by atoms with Crippen LogP contribution in [0.2, 0.25) is 0 Å². The highest BCUT2D eigenvalue weighted by Gasteiger charge is 2.40. The molecule has 1 aliphatic carbocycles. The number of carbonyl (C=O) groups is 2. The summed E-state index contributed by atoms with van der Waals surface area (Å²) in [5.41, 5.74) is 0.902. The van der Waals surface area contributed by atoms with Gasteiger partial charge in [0, 0.05) is 29.9 Å². The number of nitrogens with zero attached hydrogens (tertiary/aromatic N) is 1. The Hall–Kier alpha value is -3.11. The maximum Gasteiger partial charge on any atom is 0.251 e. The monoisotopic (exact) mass is 471 g/mol. The molecule has 174 valence electrons. The van der Waals surface area contributed by atoms with Gasteiger partial charge in [0.25, 0.3) is 5.91 Å². The Morgan fingerprint density at radius 2 is 1.76 bits per heavy atom. The molecule has 2 aliphatic heterocycles. The molecule has 2 aromatic carbocycles. The highest BCUT2D eigenvalue weighted by Crippen LogP contribution is 2.35. The molecule has 2 heterocycles. The Morgan fingerprint density at radius 1 is 0.970 bits per heavy atom. The van der Waals surface area contributed by atoms with Crippen molar-refractivity contribution in [2.24, 2.45) is 0 Å². The number of carbonyl (C=O) groups excluding carboxylic acids is 2. The molecule has 0 aromatic heterocycles. The van der Waals surface area contributed by atoms with Gasteiger partial charge in [-0.05, 0) is 56.0 Å². The molecule has 2 fully saturated rings. The second-order valence-corrected chi connectivity index (χ2v) is 10.3. The first-order chi connectivity index (χ1) is 15.9. The van der Waals surface area contributed by atoms with Crippen molar-refractivity contribution in [1.29, 1.82) is 0 Å². The number of hydrogen-bond acceptors (Lipinski definition) is 6. The smallest absolute Gasteiger partial charge is 0.251 e. The lowest BCUT2D eigenvalue weighted by Crippen LogP contribution is -2.43. The van der Waals surface area contributed by atoms with Gasteiger partial charge in [0.2, 0.25) is 15.9 Å². The Morgan fingerprint density at radius 3 is 2.55 bits per heavy atom. The molecule has 2 amide bonds. The molecule has 0 spiro atoms. The van der Waals surface area contributed by atoms with E-state index in [-0.39, 0.29) is 23.4 Å². The van der Waals surface area contributed by atoms with Crippen LogP contribution in [-0.2, 0) is 14.8 Å². The summed E-state index contributed by atoms with van der Waals surface area (Å²) in [5, 5.41) is 5.70. The molecule has 0 bridgehead atoms. The molecule has 3 aliphatic rings. The quantitative estimate of drug-likeness (QED) is 0.667. The van der Waals surface area contributed by atoms with Gasteiger partial charge < -0.3 is 20.1 Å². The van der Waals surface area contributed by atoms with E-state index in [2.05, 4.69) is 10.6 Å². The van der Waals surface area contributed by atoms with Crippen molar-refractivity contribution in [3.8, 4) is 11.5 Å². The standard InChI is InChI=1S/C23H25N3O6S/c27-22(24-16-6-7-16)15-3-1-4-17(13-15)25-23(28)19-5-2-10-26(19)33(29,30)18-8-9-20-21(14-18)32-12-11-31-20/h1,3-4,8-9,13-14,16,19H,2,5-7,10-12H2,(H,24,27)(H,25,28)/t19-/m0/s1. The van der Waals surface area contributed by atoms with Crippen LogP contribution in [0.4, 0.5) is 5.69 Å². The summed E-state index contributed by atoms with van der Waals surface area (Å²) in [6, 6.07) is 10.5. The molecule has 1 saturated carbocycles. The number of benzene rings is 2. The van der Waals surface area contributed by atoms with E-state index in [1.54, 1.807) is 30.3 Å². The topological polar surface area (TPSA) is 114 Å². The summed E-state index contributed by atoms with van der Waals surface area (Å²) in [6.07, 6.45) is 2.96. The first-order valence-electron chi connectivity index (χ1n) is 11.0. The minimum atomic E-state index is -3.91. The zero-order chi connectivity index (χ0) is 23.0. The number of sulfonamides is 1. The SMILES string of the molecule is O=C(NC1CC1)c1cccc(NC(=O)[C@@H]2CCCN2S(=O)(=O)c2ccc3c(c2)OCCO3)c1. The van der Waals surface area contributed by atoms with Crippen molar-refractivity contribution in [1.82, 2.24) is 9.62 Å². The Bertz CT molecular complexity index is 1190. The second-order valence-electron chi connectivity index (χ2n) is 8.40. The van der Waals surface area contributed by atoms with E-state index in [9.17, 15) is 18.0 Å². The molecule has 0 unspecified atom stereocenters. The van der Waals surface area contributed by atoms with Crippen LogP contribution in [0.3, 0.4) is 0 Å². The van der Waals surface area contributed by atoms with Crippen molar-refractivity contribution < 1.29 is 27.5 Å². The zero-order valence-electron chi connectivity index (χ0n) is 18.0. The Labute approximate surface area is 192 Å². The zero-order valence-corrected chi connectivity index (χ0v) is 18.8. The summed E-state index contributed by atoms with van der Waals surface area (Å²) in [4.78, 5) is 25.4. The van der Waals surface area contributed by atoms with Crippen LogP contribution < -0.4 is 20.1 Å². The van der Waals surface area contributed by atoms with Gasteiger partial charge in [-0.3, -0.25) is 9.59 Å². The summed E-state index contributed by atoms with van der Waals surface area (Å²) in [7, 11) is -3.91. The molecule has 1 saturated heterocycles. The van der Waals surface area contributed by atoms with Gasteiger partial charge in [-0.25, -0.2) is 8.42 Å². The van der Waals surface area contributed by atoms with E-state index in [1.807, 2.05) is 0 Å². The minimum Gasteiger partial charge on any atom is -0.486 e. The van der Waals surface area contributed by atoms with Crippen molar-refractivity contribution in [2.45, 2.75) is 42.7 Å². The van der Waals surface area contributed by atoms with Gasteiger partial charge in [0.05, 0.1) is 4.90 Å². The molecule has 10 heteroatoms. The Balaban J connectivity index is 1.32. The number of rotatable bonds is 6. The van der Waals surface area contributed by atoms with Crippen LogP contribution in [0.1, 0.15) is 36.0 Å². The highest BCUT2D eigenvalue weighted by molar-refractivity contribution is 7.89. The Kier molecular flexibility index (Phi) is 5.71. The van der Waals surface area contributed by atoms with Gasteiger partial charge >= 0.3 is 0 Å². The molecular formula is C23H25N3O6S. The summed E-state index contributed by atoms with van der Waals surface area (Å²) in [5.74, 6) is 0.274. The lowest BCUT2D eigenvalue weighted by atomic mass is 10.1. The molecule has 5 rings (SSSR count). The average Bonchev–Trinajstić information content (AvgIpc) is 3.48. The van der Waals surface area contributed by atoms with Crippen molar-refractivity contribution in [2.75, 3.05) is 25.1 Å². The third kappa shape index (κ3) is 4.53. The average molecular weight is 472 g/mol. The fraction of sp³-hybridized carbons (Fsp3) is 0.391. The second kappa shape index (κ2) is 8.68. The lowest BCUT2D eigenvalue weighted by Gasteiger charge is -2.24. The van der Waals surface area contributed by atoms with Crippen LogP contribution in [0.25, 0.3) is 0 Å². The van der Waals surface area contributed by atoms with E-state index >= 15 is 0 Å². The van der Waals surface area contributed by atoms with E-state index in [0.29, 0.717) is 48.8 Å². The predicted octanol–water partition coefficient (Wildman–Crippen LogP) is 2.14. The molecule has 33 heavy (non-hydrogen) atoms. The van der Waals surface area contributed by atoms with Gasteiger partial charge in [-0.15, -0.1) is 0 Å². The van der Waals surface area contributed by atoms with Gasteiger partial charge in [0.15, 0.2) is 11.5 Å². The number of hydrogen-bond donors (Lipinski definition) is 2. The van der Waals surface area contributed by atoms with Crippen LogP contribution >= 0.6 is 0 Å². The van der Waals surface area contributed by atoms with E-state index in [1.165, 1.54) is 16.4 Å². The molecule has 1 atom stereocenters. The maximum absolute atomic E-state index is 13.3. The van der Waals surface area contributed by atoms with Crippen LogP contribution in [-0.4, -0.2) is 56.4 Å². The number of amides is 2. The third-order valence-electron chi connectivity index (χ3n) is 5.93. The van der Waals surface area contributed by atoms with Crippen molar-refractivity contribution in [3.05, 3.63) is 48.0 Å². The fourth-order valence-electron chi connectivity index (χ4n) is 4.07. The van der Waals surface area contributed by atoms with E-state index in [4.69, 9.17) is 9.47 Å².